The number of nitrogens with zero attached hydrogens (tertiary/aromatic N) is 1. The number of piperidine rings is 1. The summed E-state index contributed by atoms with van der Waals surface area (Å²) < 4.78 is 5.80. The summed E-state index contributed by atoms with van der Waals surface area (Å²) in [5.41, 5.74) is 0. The Balaban J connectivity index is 1.71. The molecule has 3 heteroatoms. The van der Waals surface area contributed by atoms with Gasteiger partial charge in [-0.2, -0.15) is 0 Å². The first-order chi connectivity index (χ1) is 7.24. The van der Waals surface area contributed by atoms with Gasteiger partial charge in [0.2, 0.25) is 0 Å². The van der Waals surface area contributed by atoms with Crippen molar-refractivity contribution in [2.24, 2.45) is 11.8 Å². The van der Waals surface area contributed by atoms with E-state index in [1.165, 1.54) is 32.4 Å². The van der Waals surface area contributed by atoms with E-state index in [1.807, 2.05) is 0 Å². The van der Waals surface area contributed by atoms with Crippen LogP contribution in [-0.4, -0.2) is 44.4 Å². The molecule has 15 heavy (non-hydrogen) atoms. The largest absolute Gasteiger partial charge is 0.363 e. The molecule has 1 N–H and O–H groups in total. The van der Waals surface area contributed by atoms with E-state index in [9.17, 15) is 0 Å². The summed E-state index contributed by atoms with van der Waals surface area (Å²) in [4.78, 5) is 2.44. The van der Waals surface area contributed by atoms with Crippen LogP contribution >= 0.6 is 0 Å². The molecule has 2 aliphatic heterocycles. The summed E-state index contributed by atoms with van der Waals surface area (Å²) in [6, 6.07) is 0. The standard InChI is InChI=1S/C12H24N2O/c1-10-7-13-12(15-9-10)6-11-4-3-5-14(2)8-11/h10-13H,3-9H2,1-2H3. The molecule has 0 aromatic heterocycles. The molecule has 3 unspecified atom stereocenters. The van der Waals surface area contributed by atoms with Crippen molar-refractivity contribution in [3.8, 4) is 0 Å². The maximum Gasteiger partial charge on any atom is 0.108 e. The molecule has 0 aliphatic carbocycles. The smallest absolute Gasteiger partial charge is 0.108 e. The minimum atomic E-state index is 0.317. The lowest BCUT2D eigenvalue weighted by Gasteiger charge is -2.34. The van der Waals surface area contributed by atoms with Gasteiger partial charge in [0, 0.05) is 13.1 Å². The molecular weight excluding hydrogens is 188 g/mol. The molecule has 0 bridgehead atoms. The first-order valence-corrected chi connectivity index (χ1v) is 6.27. The van der Waals surface area contributed by atoms with Crippen LogP contribution in [0.5, 0.6) is 0 Å². The third kappa shape index (κ3) is 3.44. The van der Waals surface area contributed by atoms with Crippen LogP contribution in [0.3, 0.4) is 0 Å². The highest BCUT2D eigenvalue weighted by atomic mass is 16.5. The van der Waals surface area contributed by atoms with Crippen LogP contribution in [0.1, 0.15) is 26.2 Å². The van der Waals surface area contributed by atoms with E-state index >= 15 is 0 Å². The zero-order valence-electron chi connectivity index (χ0n) is 10.0. The van der Waals surface area contributed by atoms with E-state index in [2.05, 4.69) is 24.2 Å². The maximum atomic E-state index is 5.80. The topological polar surface area (TPSA) is 24.5 Å². The molecule has 2 heterocycles. The number of hydrogen-bond acceptors (Lipinski definition) is 3. The Labute approximate surface area is 93.2 Å². The molecule has 0 saturated carbocycles. The zero-order valence-corrected chi connectivity index (χ0v) is 10.0. The molecule has 2 fully saturated rings. The van der Waals surface area contributed by atoms with Crippen LogP contribution in [0.25, 0.3) is 0 Å². The highest BCUT2D eigenvalue weighted by molar-refractivity contribution is 4.75. The Morgan fingerprint density at radius 3 is 3.00 bits per heavy atom. The van der Waals surface area contributed by atoms with Crippen molar-refractivity contribution in [2.45, 2.75) is 32.4 Å². The van der Waals surface area contributed by atoms with Crippen molar-refractivity contribution in [1.29, 1.82) is 0 Å². The SMILES string of the molecule is CC1CNC(CC2CCCN(C)C2)OC1. The Kier molecular flexibility index (Phi) is 4.00. The second-order valence-corrected chi connectivity index (χ2v) is 5.34. The van der Waals surface area contributed by atoms with E-state index < -0.39 is 0 Å². The summed E-state index contributed by atoms with van der Waals surface area (Å²) >= 11 is 0. The fourth-order valence-corrected chi connectivity index (χ4v) is 2.65. The Morgan fingerprint density at radius 2 is 2.33 bits per heavy atom. The number of rotatable bonds is 2. The van der Waals surface area contributed by atoms with E-state index in [4.69, 9.17) is 4.74 Å². The fourth-order valence-electron chi connectivity index (χ4n) is 2.65. The first-order valence-electron chi connectivity index (χ1n) is 6.27. The van der Waals surface area contributed by atoms with Crippen LogP contribution in [0.2, 0.25) is 0 Å². The molecular formula is C12H24N2O. The average Bonchev–Trinajstić information content (AvgIpc) is 2.22. The van der Waals surface area contributed by atoms with Gasteiger partial charge >= 0.3 is 0 Å². The number of hydrogen-bond donors (Lipinski definition) is 1. The monoisotopic (exact) mass is 212 g/mol. The van der Waals surface area contributed by atoms with Crippen LogP contribution in [0.4, 0.5) is 0 Å². The van der Waals surface area contributed by atoms with Gasteiger partial charge in [0.25, 0.3) is 0 Å². The van der Waals surface area contributed by atoms with Crippen LogP contribution < -0.4 is 5.32 Å². The van der Waals surface area contributed by atoms with Gasteiger partial charge in [-0.25, -0.2) is 0 Å². The predicted molar refractivity (Wildman–Crippen MR) is 61.7 cm³/mol. The van der Waals surface area contributed by atoms with E-state index in [0.29, 0.717) is 12.1 Å². The highest BCUT2D eigenvalue weighted by Crippen LogP contribution is 2.21. The van der Waals surface area contributed by atoms with Crippen molar-refractivity contribution in [1.82, 2.24) is 10.2 Å². The Morgan fingerprint density at radius 1 is 1.47 bits per heavy atom. The summed E-state index contributed by atoms with van der Waals surface area (Å²) in [6.07, 6.45) is 4.24. The molecule has 88 valence electrons. The Bertz CT molecular complexity index is 190. The van der Waals surface area contributed by atoms with Gasteiger partial charge < -0.3 is 9.64 Å². The second-order valence-electron chi connectivity index (χ2n) is 5.34. The van der Waals surface area contributed by atoms with Crippen LogP contribution in [0, 0.1) is 11.8 Å². The predicted octanol–water partition coefficient (Wildman–Crippen LogP) is 1.30. The molecule has 2 saturated heterocycles. The number of ether oxygens (including phenoxy) is 1. The molecule has 2 rings (SSSR count). The molecule has 0 spiro atoms. The molecule has 3 nitrogen and oxygen atoms in total. The van der Waals surface area contributed by atoms with Crippen molar-refractivity contribution >= 4 is 0 Å². The van der Waals surface area contributed by atoms with Crippen LogP contribution in [0.15, 0.2) is 0 Å². The molecule has 0 radical (unpaired) electrons. The summed E-state index contributed by atoms with van der Waals surface area (Å²) in [5, 5.41) is 3.49. The van der Waals surface area contributed by atoms with Gasteiger partial charge in [0.15, 0.2) is 0 Å². The summed E-state index contributed by atoms with van der Waals surface area (Å²) in [5.74, 6) is 1.50. The Hall–Kier alpha value is -0.120. The third-order valence-corrected chi connectivity index (χ3v) is 3.55. The average molecular weight is 212 g/mol. The van der Waals surface area contributed by atoms with Gasteiger partial charge in [-0.05, 0) is 44.7 Å². The zero-order chi connectivity index (χ0) is 10.7. The number of likely N-dealkylation sites (tertiary alicyclic amines) is 1. The van der Waals surface area contributed by atoms with Crippen molar-refractivity contribution < 1.29 is 4.74 Å². The quantitative estimate of drug-likeness (QED) is 0.747. The van der Waals surface area contributed by atoms with Gasteiger partial charge in [-0.1, -0.05) is 6.92 Å². The highest BCUT2D eigenvalue weighted by Gasteiger charge is 2.24. The van der Waals surface area contributed by atoms with E-state index in [-0.39, 0.29) is 0 Å². The fraction of sp³-hybridized carbons (Fsp3) is 1.00. The van der Waals surface area contributed by atoms with Gasteiger partial charge in [0.1, 0.15) is 6.23 Å². The summed E-state index contributed by atoms with van der Waals surface area (Å²) in [7, 11) is 2.23. The first kappa shape index (κ1) is 11.4. The van der Waals surface area contributed by atoms with Gasteiger partial charge in [-0.15, -0.1) is 0 Å². The minimum Gasteiger partial charge on any atom is -0.363 e. The van der Waals surface area contributed by atoms with Gasteiger partial charge in [-0.3, -0.25) is 5.32 Å². The van der Waals surface area contributed by atoms with Crippen molar-refractivity contribution in [3.05, 3.63) is 0 Å². The molecule has 3 atom stereocenters. The third-order valence-electron chi connectivity index (χ3n) is 3.55. The molecule has 0 aromatic rings. The second kappa shape index (κ2) is 5.28. The van der Waals surface area contributed by atoms with Crippen molar-refractivity contribution in [2.75, 3.05) is 33.3 Å². The van der Waals surface area contributed by atoms with Gasteiger partial charge in [0.05, 0.1) is 6.61 Å². The lowest BCUT2D eigenvalue weighted by Crippen LogP contribution is -2.45. The molecule has 0 aromatic carbocycles. The lowest BCUT2D eigenvalue weighted by atomic mass is 9.94. The van der Waals surface area contributed by atoms with Crippen molar-refractivity contribution in [3.63, 3.8) is 0 Å². The van der Waals surface area contributed by atoms with E-state index in [1.54, 1.807) is 0 Å². The maximum absolute atomic E-state index is 5.80. The molecule has 2 aliphatic rings. The lowest BCUT2D eigenvalue weighted by molar-refractivity contribution is -0.0404. The summed E-state index contributed by atoms with van der Waals surface area (Å²) in [6.45, 7) is 6.80. The normalized spacial score (nSPS) is 39.2. The number of nitrogens with one attached hydrogen (secondary N) is 1. The minimum absolute atomic E-state index is 0.317. The van der Waals surface area contributed by atoms with Crippen LogP contribution in [-0.2, 0) is 4.74 Å². The molecule has 0 amide bonds. The van der Waals surface area contributed by atoms with E-state index in [0.717, 1.165) is 19.1 Å².